The van der Waals surface area contributed by atoms with Crippen molar-refractivity contribution in [2.45, 2.75) is 64.8 Å². The summed E-state index contributed by atoms with van der Waals surface area (Å²) in [5.74, 6) is 0. The molecule has 1 unspecified atom stereocenters. The van der Waals surface area contributed by atoms with Gasteiger partial charge in [-0.3, -0.25) is 9.58 Å². The van der Waals surface area contributed by atoms with Crippen molar-refractivity contribution in [3.63, 3.8) is 0 Å². The Morgan fingerprint density at radius 1 is 1.43 bits per heavy atom. The number of ether oxygens (including phenoxy) is 1. The second-order valence-electron chi connectivity index (χ2n) is 6.61. The summed E-state index contributed by atoms with van der Waals surface area (Å²) in [6, 6.07) is 2.60. The van der Waals surface area contributed by atoms with Crippen LogP contribution in [-0.4, -0.2) is 51.2 Å². The topological polar surface area (TPSA) is 50.5 Å². The smallest absolute Gasteiger partial charge is 0.0940 e. The Kier molecular flexibility index (Phi) is 5.41. The number of nitrogens with zero attached hydrogens (tertiary/aromatic N) is 3. The summed E-state index contributed by atoms with van der Waals surface area (Å²) in [6.45, 7) is 11.1. The molecule has 21 heavy (non-hydrogen) atoms. The average Bonchev–Trinajstić information content (AvgIpc) is 2.86. The van der Waals surface area contributed by atoms with E-state index in [-0.39, 0.29) is 18.3 Å². The fourth-order valence-electron chi connectivity index (χ4n) is 3.19. The molecule has 1 N–H and O–H groups in total. The average molecular weight is 295 g/mol. The van der Waals surface area contributed by atoms with Crippen molar-refractivity contribution in [2.24, 2.45) is 0 Å². The Hall–Kier alpha value is -0.910. The summed E-state index contributed by atoms with van der Waals surface area (Å²) in [6.07, 6.45) is 4.20. The van der Waals surface area contributed by atoms with Crippen molar-refractivity contribution in [2.75, 3.05) is 19.7 Å². The van der Waals surface area contributed by atoms with E-state index in [4.69, 9.17) is 9.84 Å². The molecular weight excluding hydrogens is 266 g/mol. The van der Waals surface area contributed by atoms with Crippen LogP contribution in [0, 0.1) is 0 Å². The number of hydrogen-bond acceptors (Lipinski definition) is 4. The molecule has 0 radical (unpaired) electrons. The standard InChI is InChI=1S/C16H29N3O2/c1-5-14(6-2)19-8-7-13(17-19)9-18-10-15(11-20)21-16(3,4)12-18/h7-8,14-15,20H,5-6,9-12H2,1-4H3. The van der Waals surface area contributed by atoms with Gasteiger partial charge in [0.05, 0.1) is 30.0 Å². The maximum Gasteiger partial charge on any atom is 0.0940 e. The molecule has 5 nitrogen and oxygen atoms in total. The van der Waals surface area contributed by atoms with Crippen molar-refractivity contribution in [1.29, 1.82) is 0 Å². The minimum Gasteiger partial charge on any atom is -0.394 e. The third-order valence-electron chi connectivity index (χ3n) is 4.12. The van der Waals surface area contributed by atoms with Gasteiger partial charge in [0, 0.05) is 25.8 Å². The second kappa shape index (κ2) is 6.90. The van der Waals surface area contributed by atoms with Crippen LogP contribution in [-0.2, 0) is 11.3 Å². The normalized spacial score (nSPS) is 22.9. The van der Waals surface area contributed by atoms with E-state index >= 15 is 0 Å². The fraction of sp³-hybridized carbons (Fsp3) is 0.812. The Morgan fingerprint density at radius 3 is 2.76 bits per heavy atom. The van der Waals surface area contributed by atoms with Crippen LogP contribution >= 0.6 is 0 Å². The van der Waals surface area contributed by atoms with Crippen LogP contribution in [0.15, 0.2) is 12.3 Å². The molecule has 120 valence electrons. The SMILES string of the molecule is CCC(CC)n1ccc(CN2CC(CO)OC(C)(C)C2)n1. The highest BCUT2D eigenvalue weighted by Gasteiger charge is 2.33. The van der Waals surface area contributed by atoms with Crippen LogP contribution in [0.4, 0.5) is 0 Å². The fourth-order valence-corrected chi connectivity index (χ4v) is 3.19. The van der Waals surface area contributed by atoms with E-state index in [0.29, 0.717) is 6.04 Å². The first-order valence-corrected chi connectivity index (χ1v) is 8.02. The summed E-state index contributed by atoms with van der Waals surface area (Å²) in [7, 11) is 0. The molecule has 1 saturated heterocycles. The van der Waals surface area contributed by atoms with E-state index in [1.807, 2.05) is 0 Å². The number of morpholine rings is 1. The highest BCUT2D eigenvalue weighted by Crippen LogP contribution is 2.22. The summed E-state index contributed by atoms with van der Waals surface area (Å²) >= 11 is 0. The van der Waals surface area contributed by atoms with Gasteiger partial charge in [0.2, 0.25) is 0 Å². The monoisotopic (exact) mass is 295 g/mol. The lowest BCUT2D eigenvalue weighted by Crippen LogP contribution is -2.53. The van der Waals surface area contributed by atoms with Crippen molar-refractivity contribution < 1.29 is 9.84 Å². The molecule has 0 saturated carbocycles. The largest absolute Gasteiger partial charge is 0.394 e. The van der Waals surface area contributed by atoms with Gasteiger partial charge in [0.1, 0.15) is 0 Å². The molecule has 0 aromatic carbocycles. The number of aromatic nitrogens is 2. The van der Waals surface area contributed by atoms with Crippen molar-refractivity contribution >= 4 is 0 Å². The maximum atomic E-state index is 9.38. The quantitative estimate of drug-likeness (QED) is 0.874. The van der Waals surface area contributed by atoms with E-state index in [9.17, 15) is 5.11 Å². The summed E-state index contributed by atoms with van der Waals surface area (Å²) in [5, 5.41) is 14.1. The van der Waals surface area contributed by atoms with Crippen LogP contribution in [0.3, 0.4) is 0 Å². The van der Waals surface area contributed by atoms with Gasteiger partial charge in [0.25, 0.3) is 0 Å². The third-order valence-corrected chi connectivity index (χ3v) is 4.12. The summed E-state index contributed by atoms with van der Waals surface area (Å²) < 4.78 is 7.94. The zero-order valence-corrected chi connectivity index (χ0v) is 13.7. The molecule has 2 rings (SSSR count). The molecule has 2 heterocycles. The molecule has 0 spiro atoms. The number of hydrogen-bond donors (Lipinski definition) is 1. The number of aliphatic hydroxyl groups is 1. The van der Waals surface area contributed by atoms with Crippen molar-refractivity contribution in [3.05, 3.63) is 18.0 Å². The Balaban J connectivity index is 2.01. The molecule has 1 aromatic heterocycles. The number of aliphatic hydroxyl groups excluding tert-OH is 1. The van der Waals surface area contributed by atoms with Gasteiger partial charge < -0.3 is 9.84 Å². The van der Waals surface area contributed by atoms with Gasteiger partial charge >= 0.3 is 0 Å². The molecule has 1 fully saturated rings. The zero-order chi connectivity index (χ0) is 15.5. The van der Waals surface area contributed by atoms with Gasteiger partial charge in [-0.05, 0) is 32.8 Å². The zero-order valence-electron chi connectivity index (χ0n) is 13.7. The van der Waals surface area contributed by atoms with E-state index < -0.39 is 0 Å². The van der Waals surface area contributed by atoms with Gasteiger partial charge in [-0.25, -0.2) is 0 Å². The Bertz CT molecular complexity index is 440. The predicted molar refractivity (Wildman–Crippen MR) is 83.2 cm³/mol. The van der Waals surface area contributed by atoms with Gasteiger partial charge in [-0.1, -0.05) is 13.8 Å². The van der Waals surface area contributed by atoms with Crippen molar-refractivity contribution in [3.8, 4) is 0 Å². The minimum absolute atomic E-state index is 0.0715. The lowest BCUT2D eigenvalue weighted by molar-refractivity contribution is -0.150. The molecule has 5 heteroatoms. The van der Waals surface area contributed by atoms with E-state index in [1.54, 1.807) is 0 Å². The highest BCUT2D eigenvalue weighted by atomic mass is 16.5. The number of rotatable bonds is 6. The molecule has 0 bridgehead atoms. The second-order valence-corrected chi connectivity index (χ2v) is 6.61. The van der Waals surface area contributed by atoms with E-state index in [1.165, 1.54) is 0 Å². The molecular formula is C16H29N3O2. The van der Waals surface area contributed by atoms with Crippen LogP contribution < -0.4 is 0 Å². The Morgan fingerprint density at radius 2 is 2.14 bits per heavy atom. The molecule has 1 aliphatic rings. The van der Waals surface area contributed by atoms with Crippen LogP contribution in [0.25, 0.3) is 0 Å². The first-order valence-electron chi connectivity index (χ1n) is 8.02. The van der Waals surface area contributed by atoms with Gasteiger partial charge in [-0.15, -0.1) is 0 Å². The lowest BCUT2D eigenvalue weighted by atomic mass is 10.1. The highest BCUT2D eigenvalue weighted by molar-refractivity contribution is 5.01. The maximum absolute atomic E-state index is 9.38. The Labute approximate surface area is 127 Å². The third kappa shape index (κ3) is 4.28. The first-order chi connectivity index (χ1) is 9.97. The molecule has 1 aliphatic heterocycles. The van der Waals surface area contributed by atoms with Gasteiger partial charge in [0.15, 0.2) is 0 Å². The predicted octanol–water partition coefficient (Wildman–Crippen LogP) is 2.22. The molecule has 1 atom stereocenters. The van der Waals surface area contributed by atoms with Crippen LogP contribution in [0.2, 0.25) is 0 Å². The van der Waals surface area contributed by atoms with Crippen molar-refractivity contribution in [1.82, 2.24) is 14.7 Å². The molecule has 0 aliphatic carbocycles. The van der Waals surface area contributed by atoms with E-state index in [2.05, 4.69) is 49.5 Å². The summed E-state index contributed by atoms with van der Waals surface area (Å²) in [4.78, 5) is 2.32. The van der Waals surface area contributed by atoms with Crippen LogP contribution in [0.1, 0.15) is 52.3 Å². The lowest BCUT2D eigenvalue weighted by Gasteiger charge is -2.42. The minimum atomic E-state index is -0.219. The van der Waals surface area contributed by atoms with E-state index in [0.717, 1.165) is 38.2 Å². The molecule has 0 amide bonds. The molecule has 1 aromatic rings. The first kappa shape index (κ1) is 16.5. The summed E-state index contributed by atoms with van der Waals surface area (Å²) in [5.41, 5.74) is 0.875. The van der Waals surface area contributed by atoms with Crippen LogP contribution in [0.5, 0.6) is 0 Å². The van der Waals surface area contributed by atoms with Gasteiger partial charge in [-0.2, -0.15) is 5.10 Å².